The number of anilines is 2. The van der Waals surface area contributed by atoms with Crippen molar-refractivity contribution in [3.63, 3.8) is 0 Å². The van der Waals surface area contributed by atoms with E-state index in [1.165, 1.54) is 7.11 Å². The number of hydrogen-bond acceptors (Lipinski definition) is 8. The maximum atomic E-state index is 13.7. The first-order valence-corrected chi connectivity index (χ1v) is 18.7. The zero-order chi connectivity index (χ0) is 36.5. The lowest BCUT2D eigenvalue weighted by Gasteiger charge is -2.31. The zero-order valence-corrected chi connectivity index (χ0v) is 31.2. The van der Waals surface area contributed by atoms with Gasteiger partial charge in [0, 0.05) is 75.6 Å². The van der Waals surface area contributed by atoms with E-state index in [1.807, 2.05) is 35.4 Å². The summed E-state index contributed by atoms with van der Waals surface area (Å²) in [5.41, 5.74) is 5.96. The number of amides is 2. The lowest BCUT2D eigenvalue weighted by atomic mass is 9.80. The highest BCUT2D eigenvalue weighted by Crippen LogP contribution is 2.40. The van der Waals surface area contributed by atoms with Gasteiger partial charge in [-0.15, -0.1) is 0 Å². The van der Waals surface area contributed by atoms with Crippen molar-refractivity contribution in [3.8, 4) is 11.1 Å². The Labute approximate surface area is 313 Å². The second kappa shape index (κ2) is 15.4. The summed E-state index contributed by atoms with van der Waals surface area (Å²) >= 11 is 13.8. The van der Waals surface area contributed by atoms with E-state index >= 15 is 0 Å². The first-order valence-electron chi connectivity index (χ1n) is 17.9. The van der Waals surface area contributed by atoms with Crippen molar-refractivity contribution in [2.45, 2.75) is 58.0 Å². The van der Waals surface area contributed by atoms with Gasteiger partial charge < -0.3 is 29.8 Å². The number of halogens is 2. The molecule has 274 valence electrons. The third-order valence-corrected chi connectivity index (χ3v) is 11.7. The number of carbonyl (C=O) groups excluding carboxylic acids is 3. The standard InChI is InChI=1S/C38H44Cl2N8O4/c1-46-30-14-17-41-20-28(30)42-34(46)36(49)44-26-8-4-6-24(32(26)39)25-7-5-9-27(33(25)40)45-37(50)35-43-29-21-48(19-16-31(29)47(35)2)18-15-22-10-12-23(13-11-22)38(51)52-3/h4-9,22-23,41H,10-21H2,1-3H3,(H,44,49)(H,45,50). The fourth-order valence-electron chi connectivity index (χ4n) is 7.88. The highest BCUT2D eigenvalue weighted by Gasteiger charge is 2.30. The molecule has 3 aliphatic rings. The average molecular weight is 748 g/mol. The zero-order valence-electron chi connectivity index (χ0n) is 29.7. The number of ether oxygens (including phenoxy) is 1. The summed E-state index contributed by atoms with van der Waals surface area (Å²) in [5.74, 6) is 0.494. The van der Waals surface area contributed by atoms with Gasteiger partial charge in [-0.2, -0.15) is 0 Å². The first-order chi connectivity index (χ1) is 25.1. The monoisotopic (exact) mass is 746 g/mol. The van der Waals surface area contributed by atoms with Gasteiger partial charge in [0.15, 0.2) is 11.6 Å². The molecule has 14 heteroatoms. The molecular formula is C38H44Cl2N8O4. The summed E-state index contributed by atoms with van der Waals surface area (Å²) in [6.45, 7) is 4.02. The molecule has 1 fully saturated rings. The van der Waals surface area contributed by atoms with Crippen LogP contribution in [0.15, 0.2) is 36.4 Å². The number of fused-ring (bicyclic) bond motifs is 2. The third kappa shape index (κ3) is 7.21. The molecule has 2 aromatic carbocycles. The van der Waals surface area contributed by atoms with Crippen molar-refractivity contribution in [1.29, 1.82) is 0 Å². The smallest absolute Gasteiger partial charge is 0.308 e. The van der Waals surface area contributed by atoms with Gasteiger partial charge in [-0.1, -0.05) is 47.5 Å². The molecule has 0 radical (unpaired) electrons. The predicted molar refractivity (Wildman–Crippen MR) is 201 cm³/mol. The van der Waals surface area contributed by atoms with Gasteiger partial charge in [0.05, 0.1) is 45.8 Å². The van der Waals surface area contributed by atoms with E-state index in [0.29, 0.717) is 63.2 Å². The van der Waals surface area contributed by atoms with Gasteiger partial charge in [0.2, 0.25) is 0 Å². The van der Waals surface area contributed by atoms with E-state index in [2.05, 4.69) is 25.8 Å². The minimum Gasteiger partial charge on any atom is -0.469 e. The van der Waals surface area contributed by atoms with E-state index in [-0.39, 0.29) is 23.7 Å². The maximum absolute atomic E-state index is 13.7. The first kappa shape index (κ1) is 36.1. The lowest BCUT2D eigenvalue weighted by molar-refractivity contribution is -0.146. The van der Waals surface area contributed by atoms with Gasteiger partial charge in [0.25, 0.3) is 11.8 Å². The number of hydrogen-bond donors (Lipinski definition) is 3. The van der Waals surface area contributed by atoms with E-state index in [0.717, 1.165) is 87.4 Å². The predicted octanol–water partition coefficient (Wildman–Crippen LogP) is 6.01. The molecule has 2 amide bonds. The summed E-state index contributed by atoms with van der Waals surface area (Å²) in [5, 5.41) is 9.81. The Morgan fingerprint density at radius 2 is 1.42 bits per heavy atom. The molecule has 3 N–H and O–H groups in total. The van der Waals surface area contributed by atoms with Crippen LogP contribution in [-0.4, -0.2) is 68.5 Å². The van der Waals surface area contributed by atoms with Crippen LogP contribution in [0.5, 0.6) is 0 Å². The topological polar surface area (TPSA) is 135 Å². The molecule has 2 aliphatic heterocycles. The number of aromatic nitrogens is 4. The minimum absolute atomic E-state index is 0.0408. The van der Waals surface area contributed by atoms with Crippen LogP contribution in [0.4, 0.5) is 11.4 Å². The van der Waals surface area contributed by atoms with Gasteiger partial charge in [0.1, 0.15) is 0 Å². The van der Waals surface area contributed by atoms with Crippen molar-refractivity contribution < 1.29 is 19.1 Å². The van der Waals surface area contributed by atoms with Crippen molar-refractivity contribution in [1.82, 2.24) is 29.3 Å². The van der Waals surface area contributed by atoms with Crippen LogP contribution < -0.4 is 16.0 Å². The Hall–Kier alpha value is -4.23. The summed E-state index contributed by atoms with van der Waals surface area (Å²) in [7, 11) is 5.20. The van der Waals surface area contributed by atoms with E-state index in [9.17, 15) is 14.4 Å². The summed E-state index contributed by atoms with van der Waals surface area (Å²) in [4.78, 5) is 50.6. The Kier molecular flexibility index (Phi) is 10.7. The van der Waals surface area contributed by atoms with E-state index < -0.39 is 0 Å². The number of esters is 1. The number of nitrogens with one attached hydrogen (secondary N) is 3. The molecule has 0 bridgehead atoms. The van der Waals surface area contributed by atoms with Gasteiger partial charge >= 0.3 is 5.97 Å². The van der Waals surface area contributed by atoms with Crippen LogP contribution >= 0.6 is 23.2 Å². The normalized spacial score (nSPS) is 18.7. The number of methoxy groups -OCH3 is 1. The third-order valence-electron chi connectivity index (χ3n) is 10.9. The van der Waals surface area contributed by atoms with Crippen molar-refractivity contribution >= 4 is 52.4 Å². The van der Waals surface area contributed by atoms with Crippen molar-refractivity contribution in [2.24, 2.45) is 25.9 Å². The number of imidazole rings is 2. The SMILES string of the molecule is COC(=O)C1CCC(CCN2CCc3c(nc(C(=O)Nc4cccc(-c5cccc(NC(=O)c6nc7c(n6C)CCNC7)c5Cl)c4Cl)n3C)C2)CC1. The molecule has 1 aliphatic carbocycles. The van der Waals surface area contributed by atoms with Gasteiger partial charge in [-0.25, -0.2) is 9.97 Å². The highest BCUT2D eigenvalue weighted by molar-refractivity contribution is 6.40. The molecule has 0 atom stereocenters. The average Bonchev–Trinajstić information content (AvgIpc) is 3.68. The second-order valence-electron chi connectivity index (χ2n) is 14.0. The highest BCUT2D eigenvalue weighted by atomic mass is 35.5. The summed E-state index contributed by atoms with van der Waals surface area (Å²) in [6.07, 6.45) is 6.60. The molecule has 52 heavy (non-hydrogen) atoms. The van der Waals surface area contributed by atoms with Gasteiger partial charge in [-0.05, 0) is 56.7 Å². The minimum atomic E-state index is -0.358. The molecule has 4 heterocycles. The molecule has 12 nitrogen and oxygen atoms in total. The van der Waals surface area contributed by atoms with Crippen LogP contribution in [0.2, 0.25) is 10.0 Å². The Balaban J connectivity index is 1.01. The summed E-state index contributed by atoms with van der Waals surface area (Å²) < 4.78 is 8.65. The molecule has 0 saturated heterocycles. The van der Waals surface area contributed by atoms with Gasteiger partial charge in [-0.3, -0.25) is 19.3 Å². The molecule has 0 unspecified atom stereocenters. The molecule has 0 spiro atoms. The maximum Gasteiger partial charge on any atom is 0.308 e. The van der Waals surface area contributed by atoms with E-state index in [1.54, 1.807) is 24.3 Å². The molecule has 1 saturated carbocycles. The number of benzene rings is 2. The van der Waals surface area contributed by atoms with Crippen molar-refractivity contribution in [2.75, 3.05) is 37.4 Å². The number of rotatable bonds is 9. The second-order valence-corrected chi connectivity index (χ2v) is 14.8. The number of nitrogens with zero attached hydrogens (tertiary/aromatic N) is 5. The summed E-state index contributed by atoms with van der Waals surface area (Å²) in [6, 6.07) is 10.7. The quantitative estimate of drug-likeness (QED) is 0.178. The Bertz CT molecular complexity index is 2020. The largest absolute Gasteiger partial charge is 0.469 e. The Morgan fingerprint density at radius 1 is 0.846 bits per heavy atom. The van der Waals surface area contributed by atoms with Crippen LogP contribution in [0.1, 0.15) is 76.1 Å². The lowest BCUT2D eigenvalue weighted by Crippen LogP contribution is -2.33. The molecule has 7 rings (SSSR count). The molecule has 2 aromatic heterocycles. The van der Waals surface area contributed by atoms with Crippen molar-refractivity contribution in [3.05, 3.63) is 80.9 Å². The van der Waals surface area contributed by atoms with Crippen LogP contribution in [0, 0.1) is 11.8 Å². The molecular weight excluding hydrogens is 703 g/mol. The molecule has 4 aromatic rings. The fraction of sp³-hybridized carbons (Fsp3) is 0.447. The van der Waals surface area contributed by atoms with Crippen LogP contribution in [0.25, 0.3) is 11.1 Å². The number of carbonyl (C=O) groups is 3. The van der Waals surface area contributed by atoms with Crippen LogP contribution in [-0.2, 0) is 49.6 Å². The Morgan fingerprint density at radius 3 is 2.00 bits per heavy atom. The van der Waals surface area contributed by atoms with E-state index in [4.69, 9.17) is 32.9 Å². The van der Waals surface area contributed by atoms with Crippen LogP contribution in [0.3, 0.4) is 0 Å². The fourth-order valence-corrected chi connectivity index (χ4v) is 8.43.